The Morgan fingerprint density at radius 2 is 1.71 bits per heavy atom. The molecule has 2 aromatic heterocycles. The number of rotatable bonds is 2. The van der Waals surface area contributed by atoms with Gasteiger partial charge >= 0.3 is 0 Å². The number of nitriles is 1. The fraction of sp³-hybridized carbons (Fsp3) is 0.286. The predicted molar refractivity (Wildman–Crippen MR) is 79.8 cm³/mol. The summed E-state index contributed by atoms with van der Waals surface area (Å²) < 4.78 is 0. The highest BCUT2D eigenvalue weighted by atomic mass is 15.3. The van der Waals surface area contributed by atoms with Gasteiger partial charge in [0.2, 0.25) is 5.95 Å². The summed E-state index contributed by atoms with van der Waals surface area (Å²) in [7, 11) is 0. The Kier molecular flexibility index (Phi) is 3.51. The number of nitrogen functional groups attached to an aromatic ring is 1. The minimum atomic E-state index is 0.506. The average Bonchev–Trinajstić information content (AvgIpc) is 2.56. The molecule has 0 unspecified atom stereocenters. The van der Waals surface area contributed by atoms with E-state index in [9.17, 15) is 5.26 Å². The maximum Gasteiger partial charge on any atom is 0.225 e. The maximum atomic E-state index is 9.20. The van der Waals surface area contributed by atoms with Gasteiger partial charge in [0, 0.05) is 38.6 Å². The normalized spacial score (nSPS) is 14.8. The van der Waals surface area contributed by atoms with Gasteiger partial charge in [-0.2, -0.15) is 5.26 Å². The second kappa shape index (κ2) is 5.63. The summed E-state index contributed by atoms with van der Waals surface area (Å²) in [6.45, 7) is 3.12. The zero-order valence-corrected chi connectivity index (χ0v) is 11.5. The number of piperazine rings is 1. The standard InChI is InChI=1S/C14H15N7/c15-9-11-8-12(16)10-19-13(11)20-4-6-21(7-5-20)14-17-2-1-3-18-14/h1-3,8,10H,4-7,16H2. The molecular weight excluding hydrogens is 266 g/mol. The van der Waals surface area contributed by atoms with Crippen LogP contribution in [0.4, 0.5) is 17.5 Å². The summed E-state index contributed by atoms with van der Waals surface area (Å²) in [4.78, 5) is 17.0. The highest BCUT2D eigenvalue weighted by Crippen LogP contribution is 2.21. The Bertz CT molecular complexity index is 657. The highest BCUT2D eigenvalue weighted by molar-refractivity contribution is 5.59. The third-order valence-corrected chi connectivity index (χ3v) is 3.42. The van der Waals surface area contributed by atoms with Crippen LogP contribution in [0.25, 0.3) is 0 Å². The number of hydrogen-bond acceptors (Lipinski definition) is 7. The van der Waals surface area contributed by atoms with E-state index in [0.717, 1.165) is 32.1 Å². The first kappa shape index (κ1) is 13.1. The molecule has 0 aliphatic carbocycles. The number of pyridine rings is 1. The van der Waals surface area contributed by atoms with Crippen LogP contribution in [0.3, 0.4) is 0 Å². The van der Waals surface area contributed by atoms with Gasteiger partial charge in [-0.25, -0.2) is 15.0 Å². The lowest BCUT2D eigenvalue weighted by Gasteiger charge is -2.35. The third-order valence-electron chi connectivity index (χ3n) is 3.42. The van der Waals surface area contributed by atoms with Crippen molar-refractivity contribution in [2.75, 3.05) is 41.7 Å². The number of nitrogens with two attached hydrogens (primary N) is 1. The van der Waals surface area contributed by atoms with E-state index in [2.05, 4.69) is 30.8 Å². The molecule has 0 aromatic carbocycles. The minimum Gasteiger partial charge on any atom is -0.397 e. The largest absolute Gasteiger partial charge is 0.397 e. The SMILES string of the molecule is N#Cc1cc(N)cnc1N1CCN(c2ncccn2)CC1. The first-order valence-electron chi connectivity index (χ1n) is 6.70. The van der Waals surface area contributed by atoms with E-state index in [1.807, 2.05) is 0 Å². The van der Waals surface area contributed by atoms with E-state index in [-0.39, 0.29) is 0 Å². The minimum absolute atomic E-state index is 0.506. The first-order valence-corrected chi connectivity index (χ1v) is 6.70. The summed E-state index contributed by atoms with van der Waals surface area (Å²) in [5, 5.41) is 9.20. The molecule has 7 nitrogen and oxygen atoms in total. The highest BCUT2D eigenvalue weighted by Gasteiger charge is 2.21. The van der Waals surface area contributed by atoms with Crippen molar-refractivity contribution < 1.29 is 0 Å². The van der Waals surface area contributed by atoms with E-state index in [1.54, 1.807) is 30.7 Å². The molecule has 1 fully saturated rings. The van der Waals surface area contributed by atoms with Crippen LogP contribution >= 0.6 is 0 Å². The van der Waals surface area contributed by atoms with Gasteiger partial charge in [0.25, 0.3) is 0 Å². The van der Waals surface area contributed by atoms with E-state index >= 15 is 0 Å². The Hall–Kier alpha value is -2.88. The topological polar surface area (TPSA) is 95.0 Å². The molecule has 1 aliphatic rings. The number of anilines is 3. The van der Waals surface area contributed by atoms with Crippen LogP contribution in [0.1, 0.15) is 5.56 Å². The molecule has 0 bridgehead atoms. The number of hydrogen-bond donors (Lipinski definition) is 1. The van der Waals surface area contributed by atoms with Crippen LogP contribution < -0.4 is 15.5 Å². The van der Waals surface area contributed by atoms with Gasteiger partial charge in [0.1, 0.15) is 11.9 Å². The monoisotopic (exact) mass is 281 g/mol. The summed E-state index contributed by atoms with van der Waals surface area (Å²) in [5.74, 6) is 1.43. The summed E-state index contributed by atoms with van der Waals surface area (Å²) in [6.07, 6.45) is 5.07. The van der Waals surface area contributed by atoms with Gasteiger partial charge in [-0.1, -0.05) is 0 Å². The molecule has 3 heterocycles. The fourth-order valence-electron chi connectivity index (χ4n) is 2.38. The molecule has 21 heavy (non-hydrogen) atoms. The average molecular weight is 281 g/mol. The smallest absolute Gasteiger partial charge is 0.225 e. The lowest BCUT2D eigenvalue weighted by atomic mass is 10.2. The van der Waals surface area contributed by atoms with E-state index < -0.39 is 0 Å². The van der Waals surface area contributed by atoms with E-state index in [4.69, 9.17) is 5.73 Å². The molecule has 2 aromatic rings. The van der Waals surface area contributed by atoms with Crippen LogP contribution in [0.15, 0.2) is 30.7 Å². The van der Waals surface area contributed by atoms with Gasteiger partial charge < -0.3 is 15.5 Å². The van der Waals surface area contributed by atoms with E-state index in [0.29, 0.717) is 17.1 Å². The van der Waals surface area contributed by atoms with Crippen molar-refractivity contribution in [2.45, 2.75) is 0 Å². The van der Waals surface area contributed by atoms with E-state index in [1.165, 1.54) is 0 Å². The molecule has 0 atom stereocenters. The summed E-state index contributed by atoms with van der Waals surface area (Å²) >= 11 is 0. The van der Waals surface area contributed by atoms with Crippen LogP contribution in [-0.4, -0.2) is 41.1 Å². The molecule has 0 saturated carbocycles. The summed E-state index contributed by atoms with van der Waals surface area (Å²) in [6, 6.07) is 5.62. The van der Waals surface area contributed by atoms with Crippen molar-refractivity contribution in [3.8, 4) is 6.07 Å². The summed E-state index contributed by atoms with van der Waals surface area (Å²) in [5.41, 5.74) is 6.69. The number of nitrogens with zero attached hydrogens (tertiary/aromatic N) is 6. The molecule has 0 radical (unpaired) electrons. The van der Waals surface area contributed by atoms with Crippen molar-refractivity contribution in [1.82, 2.24) is 15.0 Å². The van der Waals surface area contributed by atoms with Crippen molar-refractivity contribution in [2.24, 2.45) is 0 Å². The van der Waals surface area contributed by atoms with Crippen molar-refractivity contribution in [3.63, 3.8) is 0 Å². The molecule has 7 heteroatoms. The van der Waals surface area contributed by atoms with Crippen molar-refractivity contribution >= 4 is 17.5 Å². The second-order valence-electron chi connectivity index (χ2n) is 4.77. The van der Waals surface area contributed by atoms with Gasteiger partial charge in [0.05, 0.1) is 17.4 Å². The number of aromatic nitrogens is 3. The van der Waals surface area contributed by atoms with Crippen molar-refractivity contribution in [3.05, 3.63) is 36.3 Å². The maximum absolute atomic E-state index is 9.20. The first-order chi connectivity index (χ1) is 10.3. The van der Waals surface area contributed by atoms with Gasteiger partial charge in [-0.05, 0) is 12.1 Å². The quantitative estimate of drug-likeness (QED) is 0.863. The molecule has 1 saturated heterocycles. The Morgan fingerprint density at radius 1 is 1.05 bits per heavy atom. The van der Waals surface area contributed by atoms with Gasteiger partial charge in [0.15, 0.2) is 0 Å². The van der Waals surface area contributed by atoms with Crippen LogP contribution in [0.5, 0.6) is 0 Å². The zero-order chi connectivity index (χ0) is 14.7. The van der Waals surface area contributed by atoms with Crippen LogP contribution in [0.2, 0.25) is 0 Å². The Labute approximate surface area is 122 Å². The molecule has 1 aliphatic heterocycles. The molecule has 0 amide bonds. The fourth-order valence-corrected chi connectivity index (χ4v) is 2.38. The third kappa shape index (κ3) is 2.69. The lowest BCUT2D eigenvalue weighted by Crippen LogP contribution is -2.47. The molecule has 0 spiro atoms. The van der Waals surface area contributed by atoms with Gasteiger partial charge in [-0.3, -0.25) is 0 Å². The molecule has 3 rings (SSSR count). The van der Waals surface area contributed by atoms with Crippen LogP contribution in [-0.2, 0) is 0 Å². The molecular formula is C14H15N7. The predicted octanol–water partition coefficient (Wildman–Crippen LogP) is 0.652. The van der Waals surface area contributed by atoms with Crippen molar-refractivity contribution in [1.29, 1.82) is 5.26 Å². The molecule has 106 valence electrons. The van der Waals surface area contributed by atoms with Crippen LogP contribution in [0, 0.1) is 11.3 Å². The zero-order valence-electron chi connectivity index (χ0n) is 11.5. The van der Waals surface area contributed by atoms with Gasteiger partial charge in [-0.15, -0.1) is 0 Å². The lowest BCUT2D eigenvalue weighted by molar-refractivity contribution is 0.634. The second-order valence-corrected chi connectivity index (χ2v) is 4.77. The molecule has 2 N–H and O–H groups in total. The Morgan fingerprint density at radius 3 is 2.38 bits per heavy atom. The Balaban J connectivity index is 1.73.